The van der Waals surface area contributed by atoms with Crippen molar-refractivity contribution >= 4 is 0 Å². The molecule has 1 N–H and O–H groups in total. The zero-order chi connectivity index (χ0) is 14.7. The van der Waals surface area contributed by atoms with E-state index in [0.717, 1.165) is 19.3 Å². The van der Waals surface area contributed by atoms with Gasteiger partial charge in [0.25, 0.3) is 0 Å². The molecule has 2 rings (SSSR count). The summed E-state index contributed by atoms with van der Waals surface area (Å²) in [6.07, 6.45) is 3.07. The normalized spacial score (nSPS) is 18.6. The first kappa shape index (κ1) is 15.4. The van der Waals surface area contributed by atoms with E-state index in [9.17, 15) is 9.50 Å². The van der Waals surface area contributed by atoms with Gasteiger partial charge in [0.05, 0.1) is 18.0 Å². The average Bonchev–Trinajstić information content (AvgIpc) is 3.21. The van der Waals surface area contributed by atoms with Crippen molar-refractivity contribution < 1.29 is 9.50 Å². The number of nitrogens with zero attached hydrogens (tertiary/aromatic N) is 2. The Balaban J connectivity index is 1.95. The van der Waals surface area contributed by atoms with E-state index in [4.69, 9.17) is 0 Å². The summed E-state index contributed by atoms with van der Waals surface area (Å²) >= 11 is 0. The lowest BCUT2D eigenvalue weighted by molar-refractivity contribution is 0.0785. The Morgan fingerprint density at radius 3 is 2.50 bits per heavy atom. The summed E-state index contributed by atoms with van der Waals surface area (Å²) in [5.41, 5.74) is 0.555. The van der Waals surface area contributed by atoms with Crippen molar-refractivity contribution in [1.82, 2.24) is 9.88 Å². The van der Waals surface area contributed by atoms with Crippen molar-refractivity contribution in [3.8, 4) is 0 Å². The molecule has 0 saturated heterocycles. The molecule has 1 aromatic rings. The fourth-order valence-electron chi connectivity index (χ4n) is 2.60. The zero-order valence-electron chi connectivity index (χ0n) is 12.6. The van der Waals surface area contributed by atoms with Gasteiger partial charge in [0.1, 0.15) is 5.82 Å². The van der Waals surface area contributed by atoms with Crippen molar-refractivity contribution in [3.05, 3.63) is 29.8 Å². The molecule has 0 aromatic carbocycles. The van der Waals surface area contributed by atoms with Crippen LogP contribution in [0.5, 0.6) is 0 Å². The van der Waals surface area contributed by atoms with Gasteiger partial charge in [-0.25, -0.2) is 4.39 Å². The SMILES string of the molecule is CC(C)CN(CC(C)C(O)c1ccc(F)cn1)C1CC1. The van der Waals surface area contributed by atoms with Crippen molar-refractivity contribution in [2.45, 2.75) is 45.8 Å². The topological polar surface area (TPSA) is 36.4 Å². The molecule has 1 aromatic heterocycles. The maximum atomic E-state index is 12.9. The van der Waals surface area contributed by atoms with E-state index in [-0.39, 0.29) is 11.7 Å². The summed E-state index contributed by atoms with van der Waals surface area (Å²) in [6, 6.07) is 3.61. The molecule has 0 amide bonds. The van der Waals surface area contributed by atoms with Crippen LogP contribution in [0.3, 0.4) is 0 Å². The highest BCUT2D eigenvalue weighted by Crippen LogP contribution is 2.30. The van der Waals surface area contributed by atoms with Crippen LogP contribution in [0.15, 0.2) is 18.3 Å². The molecule has 0 bridgehead atoms. The molecule has 2 unspecified atom stereocenters. The Hall–Kier alpha value is -1.00. The van der Waals surface area contributed by atoms with Gasteiger partial charge in [-0.1, -0.05) is 20.8 Å². The third kappa shape index (κ3) is 4.25. The number of rotatable bonds is 7. The molecule has 1 fully saturated rings. The van der Waals surface area contributed by atoms with Crippen LogP contribution in [-0.4, -0.2) is 34.1 Å². The molecule has 1 aliphatic carbocycles. The number of aliphatic hydroxyl groups excluding tert-OH is 1. The molecule has 1 saturated carbocycles. The van der Waals surface area contributed by atoms with E-state index in [1.54, 1.807) is 6.07 Å². The number of aliphatic hydroxyl groups is 1. The minimum absolute atomic E-state index is 0.0901. The highest BCUT2D eigenvalue weighted by Gasteiger charge is 2.31. The van der Waals surface area contributed by atoms with E-state index in [1.165, 1.54) is 18.9 Å². The molecule has 112 valence electrons. The van der Waals surface area contributed by atoms with Crippen LogP contribution in [0.25, 0.3) is 0 Å². The molecule has 1 heterocycles. The third-order valence-electron chi connectivity index (χ3n) is 3.78. The lowest BCUT2D eigenvalue weighted by Gasteiger charge is -2.29. The van der Waals surface area contributed by atoms with Crippen LogP contribution < -0.4 is 0 Å². The predicted molar refractivity (Wildman–Crippen MR) is 77.8 cm³/mol. The summed E-state index contributed by atoms with van der Waals surface area (Å²) < 4.78 is 12.9. The summed E-state index contributed by atoms with van der Waals surface area (Å²) in [5.74, 6) is 0.351. The van der Waals surface area contributed by atoms with E-state index in [2.05, 4.69) is 23.7 Å². The number of hydrogen-bond acceptors (Lipinski definition) is 3. The number of aromatic nitrogens is 1. The Morgan fingerprint density at radius 1 is 1.30 bits per heavy atom. The standard InChI is InChI=1S/C16H25FN2O/c1-11(2)9-19(14-5-6-14)10-12(3)16(20)15-7-4-13(17)8-18-15/h4,7-8,11-12,14,16,20H,5-6,9-10H2,1-3H3. The second-order valence-electron chi connectivity index (χ2n) is 6.40. The van der Waals surface area contributed by atoms with Gasteiger partial charge in [-0.05, 0) is 30.9 Å². The maximum absolute atomic E-state index is 12.9. The molecule has 0 spiro atoms. The van der Waals surface area contributed by atoms with Crippen LogP contribution in [-0.2, 0) is 0 Å². The van der Waals surface area contributed by atoms with Crippen molar-refractivity contribution in [2.75, 3.05) is 13.1 Å². The van der Waals surface area contributed by atoms with Crippen molar-refractivity contribution in [1.29, 1.82) is 0 Å². The zero-order valence-corrected chi connectivity index (χ0v) is 12.6. The smallest absolute Gasteiger partial charge is 0.141 e. The quantitative estimate of drug-likeness (QED) is 0.834. The first-order chi connectivity index (χ1) is 9.47. The van der Waals surface area contributed by atoms with Crippen LogP contribution >= 0.6 is 0 Å². The molecule has 3 nitrogen and oxygen atoms in total. The molecule has 20 heavy (non-hydrogen) atoms. The minimum Gasteiger partial charge on any atom is -0.386 e. The van der Waals surface area contributed by atoms with Crippen LogP contribution in [0.4, 0.5) is 4.39 Å². The Kier molecular flexibility index (Phi) is 5.11. The van der Waals surface area contributed by atoms with E-state index in [1.807, 2.05) is 6.92 Å². The number of hydrogen-bond donors (Lipinski definition) is 1. The van der Waals surface area contributed by atoms with Gasteiger partial charge in [-0.15, -0.1) is 0 Å². The Labute approximate surface area is 120 Å². The molecule has 4 heteroatoms. The second-order valence-corrected chi connectivity index (χ2v) is 6.40. The first-order valence-electron chi connectivity index (χ1n) is 7.51. The maximum Gasteiger partial charge on any atom is 0.141 e. The largest absolute Gasteiger partial charge is 0.386 e. The van der Waals surface area contributed by atoms with E-state index in [0.29, 0.717) is 17.7 Å². The third-order valence-corrected chi connectivity index (χ3v) is 3.78. The van der Waals surface area contributed by atoms with Crippen LogP contribution in [0.1, 0.15) is 45.4 Å². The van der Waals surface area contributed by atoms with E-state index >= 15 is 0 Å². The molecule has 1 aliphatic rings. The van der Waals surface area contributed by atoms with Gasteiger partial charge in [0.15, 0.2) is 0 Å². The number of pyridine rings is 1. The monoisotopic (exact) mass is 280 g/mol. The van der Waals surface area contributed by atoms with Gasteiger partial charge in [0, 0.05) is 25.0 Å². The molecule has 0 radical (unpaired) electrons. The van der Waals surface area contributed by atoms with E-state index < -0.39 is 6.10 Å². The molecular formula is C16H25FN2O. The highest BCUT2D eigenvalue weighted by molar-refractivity contribution is 5.09. The summed E-state index contributed by atoms with van der Waals surface area (Å²) in [7, 11) is 0. The Morgan fingerprint density at radius 2 is 2.00 bits per heavy atom. The van der Waals surface area contributed by atoms with Crippen LogP contribution in [0, 0.1) is 17.7 Å². The lowest BCUT2D eigenvalue weighted by atomic mass is 10.00. The highest BCUT2D eigenvalue weighted by atomic mass is 19.1. The molecule has 2 atom stereocenters. The van der Waals surface area contributed by atoms with Gasteiger partial charge in [-0.3, -0.25) is 9.88 Å². The number of halogens is 1. The molecular weight excluding hydrogens is 255 g/mol. The predicted octanol–water partition coefficient (Wildman–Crippen LogP) is 3.01. The fraction of sp³-hybridized carbons (Fsp3) is 0.688. The minimum atomic E-state index is -0.635. The summed E-state index contributed by atoms with van der Waals surface area (Å²) in [6.45, 7) is 8.41. The van der Waals surface area contributed by atoms with Crippen molar-refractivity contribution in [2.24, 2.45) is 11.8 Å². The van der Waals surface area contributed by atoms with Gasteiger partial charge < -0.3 is 5.11 Å². The van der Waals surface area contributed by atoms with Gasteiger partial charge >= 0.3 is 0 Å². The van der Waals surface area contributed by atoms with Crippen molar-refractivity contribution in [3.63, 3.8) is 0 Å². The molecule has 0 aliphatic heterocycles. The lowest BCUT2D eigenvalue weighted by Crippen LogP contribution is -2.35. The summed E-state index contributed by atoms with van der Waals surface area (Å²) in [4.78, 5) is 6.46. The first-order valence-corrected chi connectivity index (χ1v) is 7.51. The van der Waals surface area contributed by atoms with Crippen LogP contribution in [0.2, 0.25) is 0 Å². The average molecular weight is 280 g/mol. The fourth-order valence-corrected chi connectivity index (χ4v) is 2.60. The summed E-state index contributed by atoms with van der Waals surface area (Å²) in [5, 5.41) is 10.4. The second kappa shape index (κ2) is 6.64. The van der Waals surface area contributed by atoms with Gasteiger partial charge in [0.2, 0.25) is 0 Å². The van der Waals surface area contributed by atoms with Gasteiger partial charge in [-0.2, -0.15) is 0 Å². The Bertz CT molecular complexity index is 417.